The number of rotatable bonds is 5. The van der Waals surface area contributed by atoms with Gasteiger partial charge in [-0.25, -0.2) is 4.98 Å². The Hall–Kier alpha value is -1.82. The zero-order chi connectivity index (χ0) is 20.3. The second-order valence-electron chi connectivity index (χ2n) is 7.90. The van der Waals surface area contributed by atoms with E-state index in [9.17, 15) is 10.1 Å². The summed E-state index contributed by atoms with van der Waals surface area (Å²) in [6.07, 6.45) is 0.499. The van der Waals surface area contributed by atoms with Crippen LogP contribution in [0, 0.1) is 11.3 Å². The maximum atomic E-state index is 12.0. The van der Waals surface area contributed by atoms with Crippen molar-refractivity contribution in [2.45, 2.75) is 57.5 Å². The van der Waals surface area contributed by atoms with Crippen molar-refractivity contribution in [1.82, 2.24) is 0 Å². The van der Waals surface area contributed by atoms with E-state index in [1.54, 1.807) is 0 Å². The van der Waals surface area contributed by atoms with Crippen LogP contribution in [0.3, 0.4) is 0 Å². The van der Waals surface area contributed by atoms with E-state index in [-0.39, 0.29) is 23.4 Å². The molecule has 0 radical (unpaired) electrons. The zero-order valence-electron chi connectivity index (χ0n) is 17.0. The number of H-pyrrole nitrogens is 1. The number of hydrogen-bond donors (Lipinski definition) is 0. The third-order valence-corrected chi connectivity index (χ3v) is 5.74. The predicted octanol–water partition coefficient (Wildman–Crippen LogP) is 2.10. The molecule has 8 heteroatoms. The fourth-order valence-corrected chi connectivity index (χ4v) is 4.29. The summed E-state index contributed by atoms with van der Waals surface area (Å²) in [4.78, 5) is 17.7. The van der Waals surface area contributed by atoms with Gasteiger partial charge < -0.3 is 14.2 Å². The fraction of sp³-hybridized carbons (Fsp3) is 0.650. The lowest BCUT2D eigenvalue weighted by Gasteiger charge is -2.34. The van der Waals surface area contributed by atoms with Crippen LogP contribution in [0.2, 0.25) is 0 Å². The molecule has 1 aromatic rings. The normalized spacial score (nSPS) is 18.5. The minimum Gasteiger partial charge on any atom is -0.462 e. The number of carbonyl (C=O) groups is 1. The number of esters is 1. The minimum absolute atomic E-state index is 0.155. The van der Waals surface area contributed by atoms with Crippen LogP contribution in [0.5, 0.6) is 0 Å². The molecule has 3 heterocycles. The Labute approximate surface area is 170 Å². The molecule has 7 nitrogen and oxygen atoms in total. The average Bonchev–Trinajstić information content (AvgIpc) is 2.64. The molecule has 0 aliphatic carbocycles. The molecule has 1 N–H and O–H groups in total. The summed E-state index contributed by atoms with van der Waals surface area (Å²) in [5.41, 5.74) is 2.32. The van der Waals surface area contributed by atoms with Crippen molar-refractivity contribution < 1.29 is 24.0 Å². The molecular formula is C20H28N3O4S+. The van der Waals surface area contributed by atoms with E-state index in [2.05, 4.69) is 16.0 Å². The van der Waals surface area contributed by atoms with E-state index in [0.29, 0.717) is 36.8 Å². The standard InChI is InChI=1S/C20H27N3O4S/c1-13(2)27-17(24)12-28-19-15(10-21)14-9-20(3,4)26-11-16(14)18(22-19)23-5-7-25-8-6-23/h13H,5-9,11-12H2,1-4H3/p+1. The number of pyridine rings is 1. The molecule has 152 valence electrons. The Morgan fingerprint density at radius 1 is 1.36 bits per heavy atom. The van der Waals surface area contributed by atoms with Gasteiger partial charge in [0.2, 0.25) is 0 Å². The molecule has 0 atom stereocenters. The minimum atomic E-state index is -0.333. The van der Waals surface area contributed by atoms with Crippen LogP contribution in [-0.4, -0.2) is 49.7 Å². The number of ether oxygens (including phenoxy) is 3. The SMILES string of the molecule is CC(C)OC(=O)CSc1[nH+]c(N2CCOCC2)c2c(c1C#N)CC(C)(C)OC2. The van der Waals surface area contributed by atoms with E-state index in [0.717, 1.165) is 30.0 Å². The lowest BCUT2D eigenvalue weighted by molar-refractivity contribution is -0.415. The molecule has 0 amide bonds. The molecule has 0 saturated carbocycles. The first-order valence-corrected chi connectivity index (χ1v) is 10.6. The molecule has 28 heavy (non-hydrogen) atoms. The van der Waals surface area contributed by atoms with Crippen molar-refractivity contribution in [1.29, 1.82) is 5.26 Å². The third kappa shape index (κ3) is 4.77. The van der Waals surface area contributed by atoms with Gasteiger partial charge in [-0.2, -0.15) is 5.26 Å². The Morgan fingerprint density at radius 2 is 2.07 bits per heavy atom. The summed E-state index contributed by atoms with van der Waals surface area (Å²) >= 11 is 1.32. The van der Waals surface area contributed by atoms with Gasteiger partial charge in [0.1, 0.15) is 24.7 Å². The fourth-order valence-electron chi connectivity index (χ4n) is 3.48. The number of aromatic amines is 1. The van der Waals surface area contributed by atoms with Crippen LogP contribution in [0.25, 0.3) is 0 Å². The molecule has 2 aliphatic heterocycles. The monoisotopic (exact) mass is 406 g/mol. The molecule has 0 spiro atoms. The van der Waals surface area contributed by atoms with Gasteiger partial charge in [-0.15, -0.1) is 0 Å². The van der Waals surface area contributed by atoms with E-state index in [1.165, 1.54) is 11.8 Å². The number of hydrogen-bond acceptors (Lipinski definition) is 7. The first-order valence-electron chi connectivity index (χ1n) is 9.61. The van der Waals surface area contributed by atoms with E-state index >= 15 is 0 Å². The van der Waals surface area contributed by atoms with Crippen LogP contribution in [0.4, 0.5) is 5.82 Å². The highest BCUT2D eigenvalue weighted by molar-refractivity contribution is 7.99. The molecular weight excluding hydrogens is 378 g/mol. The summed E-state index contributed by atoms with van der Waals surface area (Å²) in [6, 6.07) is 2.35. The summed E-state index contributed by atoms with van der Waals surface area (Å²) in [7, 11) is 0. The van der Waals surface area contributed by atoms with Gasteiger partial charge in [-0.1, -0.05) is 11.8 Å². The van der Waals surface area contributed by atoms with Gasteiger partial charge in [0.25, 0.3) is 5.82 Å². The van der Waals surface area contributed by atoms with Crippen LogP contribution in [0.1, 0.15) is 44.4 Å². The summed E-state index contributed by atoms with van der Waals surface area (Å²) in [5.74, 6) is 0.837. The van der Waals surface area contributed by atoms with E-state index < -0.39 is 0 Å². The molecule has 2 aliphatic rings. The topological polar surface area (TPSA) is 85.9 Å². The second kappa shape index (κ2) is 8.68. The van der Waals surface area contributed by atoms with Crippen molar-refractivity contribution >= 4 is 23.5 Å². The van der Waals surface area contributed by atoms with Crippen LogP contribution in [-0.2, 0) is 32.0 Å². The maximum Gasteiger partial charge on any atom is 0.316 e. The highest BCUT2D eigenvalue weighted by Crippen LogP contribution is 2.36. The first-order chi connectivity index (χ1) is 13.3. The number of carbonyl (C=O) groups excluding carboxylic acids is 1. The number of morpholine rings is 1. The number of nitrogens with one attached hydrogen (secondary N) is 1. The molecule has 1 saturated heterocycles. The van der Waals surface area contributed by atoms with E-state index in [1.807, 2.05) is 27.7 Å². The van der Waals surface area contributed by atoms with Gasteiger partial charge in [0.05, 0.1) is 42.8 Å². The maximum absolute atomic E-state index is 12.0. The second-order valence-corrected chi connectivity index (χ2v) is 8.88. The number of nitriles is 1. The Bertz CT molecular complexity index is 783. The highest BCUT2D eigenvalue weighted by atomic mass is 32.2. The lowest BCUT2D eigenvalue weighted by atomic mass is 9.89. The predicted molar refractivity (Wildman–Crippen MR) is 105 cm³/mol. The van der Waals surface area contributed by atoms with E-state index in [4.69, 9.17) is 14.2 Å². The lowest BCUT2D eigenvalue weighted by Crippen LogP contribution is -2.43. The number of fused-ring (bicyclic) bond motifs is 1. The average molecular weight is 407 g/mol. The van der Waals surface area contributed by atoms with Crippen molar-refractivity contribution in [3.05, 3.63) is 16.7 Å². The highest BCUT2D eigenvalue weighted by Gasteiger charge is 2.36. The third-order valence-electron chi connectivity index (χ3n) is 4.76. The van der Waals surface area contributed by atoms with Crippen LogP contribution in [0.15, 0.2) is 5.03 Å². The van der Waals surface area contributed by atoms with Gasteiger partial charge in [0.15, 0.2) is 5.03 Å². The molecule has 0 unspecified atom stereocenters. The van der Waals surface area contributed by atoms with Crippen LogP contribution < -0.4 is 9.88 Å². The van der Waals surface area contributed by atoms with Crippen molar-refractivity contribution in [3.8, 4) is 6.07 Å². The number of nitrogens with zero attached hydrogens (tertiary/aromatic N) is 2. The van der Waals surface area contributed by atoms with Crippen molar-refractivity contribution in [3.63, 3.8) is 0 Å². The van der Waals surface area contributed by atoms with Crippen molar-refractivity contribution in [2.24, 2.45) is 0 Å². The zero-order valence-corrected chi connectivity index (χ0v) is 17.8. The van der Waals surface area contributed by atoms with Crippen molar-refractivity contribution in [2.75, 3.05) is 37.0 Å². The molecule has 3 rings (SSSR count). The number of thioether (sulfide) groups is 1. The quantitative estimate of drug-likeness (QED) is 0.547. The largest absolute Gasteiger partial charge is 0.462 e. The summed E-state index contributed by atoms with van der Waals surface area (Å²) in [5, 5.41) is 10.6. The molecule has 1 aromatic heterocycles. The Kier molecular flexibility index (Phi) is 6.48. The van der Waals surface area contributed by atoms with Gasteiger partial charge >= 0.3 is 5.97 Å². The molecule has 0 aromatic carbocycles. The number of aromatic nitrogens is 1. The van der Waals surface area contributed by atoms with Gasteiger partial charge in [0, 0.05) is 6.42 Å². The Morgan fingerprint density at radius 3 is 2.71 bits per heavy atom. The molecule has 0 bridgehead atoms. The number of anilines is 1. The summed E-state index contributed by atoms with van der Waals surface area (Å²) in [6.45, 7) is 11.1. The first kappa shape index (κ1) is 20.9. The van der Waals surface area contributed by atoms with Gasteiger partial charge in [-0.05, 0) is 33.3 Å². The van der Waals surface area contributed by atoms with Crippen LogP contribution >= 0.6 is 11.8 Å². The Balaban J connectivity index is 1.98. The van der Waals surface area contributed by atoms with Gasteiger partial charge in [-0.3, -0.25) is 9.69 Å². The summed E-state index contributed by atoms with van der Waals surface area (Å²) < 4.78 is 16.8. The molecule has 1 fully saturated rings. The smallest absolute Gasteiger partial charge is 0.316 e.